The summed E-state index contributed by atoms with van der Waals surface area (Å²) >= 11 is 13.8. The number of nitrogens with zero attached hydrogens (tertiary/aromatic N) is 1. The minimum absolute atomic E-state index is 0.578. The molecule has 1 N–H and O–H groups in total. The number of para-hydroxylation sites is 1. The molecule has 20 heavy (non-hydrogen) atoms. The third-order valence-electron chi connectivity index (χ3n) is 2.76. The summed E-state index contributed by atoms with van der Waals surface area (Å²) in [6.45, 7) is 0. The van der Waals surface area contributed by atoms with Gasteiger partial charge < -0.3 is 5.32 Å². The van der Waals surface area contributed by atoms with Crippen LogP contribution in [-0.2, 0) is 0 Å². The fourth-order valence-electron chi connectivity index (χ4n) is 1.79. The van der Waals surface area contributed by atoms with E-state index in [4.69, 9.17) is 23.2 Å². The van der Waals surface area contributed by atoms with Gasteiger partial charge in [0.25, 0.3) is 0 Å². The highest BCUT2D eigenvalue weighted by Crippen LogP contribution is 2.35. The molecule has 0 atom stereocenters. The first-order chi connectivity index (χ1) is 9.74. The molecule has 0 saturated carbocycles. The Morgan fingerprint density at radius 2 is 1.60 bits per heavy atom. The first kappa shape index (κ1) is 13.4. The van der Waals surface area contributed by atoms with Crippen molar-refractivity contribution >= 4 is 45.4 Å². The normalized spacial score (nSPS) is 10.5. The van der Waals surface area contributed by atoms with Gasteiger partial charge in [-0.1, -0.05) is 70.9 Å². The molecule has 3 aromatic rings. The van der Waals surface area contributed by atoms with Crippen molar-refractivity contribution in [1.29, 1.82) is 0 Å². The second kappa shape index (κ2) is 5.83. The molecule has 2 nitrogen and oxygen atoms in total. The number of halogens is 2. The first-order valence-electron chi connectivity index (χ1n) is 5.96. The van der Waals surface area contributed by atoms with E-state index in [1.807, 2.05) is 30.5 Å². The van der Waals surface area contributed by atoms with Crippen LogP contribution in [0, 0.1) is 0 Å². The monoisotopic (exact) mass is 320 g/mol. The Hall–Kier alpha value is -1.55. The van der Waals surface area contributed by atoms with Crippen LogP contribution in [0.15, 0.2) is 54.7 Å². The minimum Gasteiger partial charge on any atom is -0.329 e. The number of benzene rings is 2. The van der Waals surface area contributed by atoms with Gasteiger partial charge in [-0.15, -0.1) is 0 Å². The lowest BCUT2D eigenvalue weighted by atomic mass is 10.2. The van der Waals surface area contributed by atoms with Crippen LogP contribution in [-0.4, -0.2) is 4.98 Å². The first-order valence-corrected chi connectivity index (χ1v) is 7.53. The molecule has 0 aliphatic rings. The van der Waals surface area contributed by atoms with Gasteiger partial charge in [-0.25, -0.2) is 4.98 Å². The quantitative estimate of drug-likeness (QED) is 0.653. The molecular formula is C15H10Cl2N2S. The summed E-state index contributed by atoms with van der Waals surface area (Å²) in [6, 6.07) is 15.5. The fourth-order valence-corrected chi connectivity index (χ4v) is 3.11. The van der Waals surface area contributed by atoms with Crippen molar-refractivity contribution in [2.75, 3.05) is 5.32 Å². The van der Waals surface area contributed by atoms with E-state index in [0.29, 0.717) is 15.7 Å². The van der Waals surface area contributed by atoms with Gasteiger partial charge in [-0.05, 0) is 17.7 Å². The van der Waals surface area contributed by atoms with Gasteiger partial charge in [0, 0.05) is 6.20 Å². The van der Waals surface area contributed by atoms with E-state index in [9.17, 15) is 0 Å². The van der Waals surface area contributed by atoms with Gasteiger partial charge in [0.1, 0.15) is 0 Å². The number of rotatable bonds is 3. The average Bonchev–Trinajstić information content (AvgIpc) is 2.93. The van der Waals surface area contributed by atoms with Crippen molar-refractivity contribution in [1.82, 2.24) is 4.98 Å². The molecule has 0 aliphatic carbocycles. The minimum atomic E-state index is 0.578. The van der Waals surface area contributed by atoms with Crippen LogP contribution in [0.3, 0.4) is 0 Å². The van der Waals surface area contributed by atoms with Crippen LogP contribution in [0.1, 0.15) is 0 Å². The van der Waals surface area contributed by atoms with Gasteiger partial charge in [-0.2, -0.15) is 0 Å². The number of anilines is 2. The lowest BCUT2D eigenvalue weighted by Crippen LogP contribution is -1.90. The molecule has 5 heteroatoms. The highest BCUT2D eigenvalue weighted by atomic mass is 35.5. The summed E-state index contributed by atoms with van der Waals surface area (Å²) in [6.07, 6.45) is 1.84. The zero-order valence-corrected chi connectivity index (χ0v) is 12.6. The average molecular weight is 321 g/mol. The number of aromatic nitrogens is 1. The van der Waals surface area contributed by atoms with Crippen LogP contribution in [0.4, 0.5) is 10.8 Å². The molecule has 100 valence electrons. The molecule has 0 unspecified atom stereocenters. The van der Waals surface area contributed by atoms with Gasteiger partial charge >= 0.3 is 0 Å². The molecule has 0 aliphatic heterocycles. The standard InChI is InChI=1S/C15H10Cl2N2S/c16-11-7-4-8-12(17)14(11)19-15-18-9-13(20-15)10-5-2-1-3-6-10/h1-9H,(H,18,19). The van der Waals surface area contributed by atoms with E-state index < -0.39 is 0 Å². The highest BCUT2D eigenvalue weighted by molar-refractivity contribution is 7.19. The fraction of sp³-hybridized carbons (Fsp3) is 0. The van der Waals surface area contributed by atoms with Crippen molar-refractivity contribution < 1.29 is 0 Å². The summed E-state index contributed by atoms with van der Waals surface area (Å²) in [5, 5.41) is 5.09. The highest BCUT2D eigenvalue weighted by Gasteiger charge is 2.09. The van der Waals surface area contributed by atoms with E-state index >= 15 is 0 Å². The Morgan fingerprint density at radius 1 is 0.900 bits per heavy atom. The summed E-state index contributed by atoms with van der Waals surface area (Å²) < 4.78 is 0. The number of hydrogen-bond donors (Lipinski definition) is 1. The predicted molar refractivity (Wildman–Crippen MR) is 87.3 cm³/mol. The van der Waals surface area contributed by atoms with Crippen molar-refractivity contribution in [3.63, 3.8) is 0 Å². The lowest BCUT2D eigenvalue weighted by molar-refractivity contribution is 1.39. The van der Waals surface area contributed by atoms with E-state index in [-0.39, 0.29) is 0 Å². The Balaban J connectivity index is 1.88. The van der Waals surface area contributed by atoms with Crippen LogP contribution < -0.4 is 5.32 Å². The van der Waals surface area contributed by atoms with Crippen LogP contribution in [0.2, 0.25) is 10.0 Å². The summed E-state index contributed by atoms with van der Waals surface area (Å²) in [4.78, 5) is 5.45. The molecule has 0 fully saturated rings. The second-order valence-electron chi connectivity index (χ2n) is 4.12. The van der Waals surface area contributed by atoms with Crippen molar-refractivity contribution in [3.05, 3.63) is 64.8 Å². The Labute approximate surface area is 131 Å². The molecule has 0 radical (unpaired) electrons. The van der Waals surface area contributed by atoms with E-state index in [2.05, 4.69) is 22.4 Å². The van der Waals surface area contributed by atoms with Crippen molar-refractivity contribution in [2.45, 2.75) is 0 Å². The van der Waals surface area contributed by atoms with Crippen LogP contribution in [0.25, 0.3) is 10.4 Å². The van der Waals surface area contributed by atoms with Gasteiger partial charge in [0.05, 0.1) is 20.6 Å². The summed E-state index contributed by atoms with van der Waals surface area (Å²) in [7, 11) is 0. The van der Waals surface area contributed by atoms with E-state index in [0.717, 1.165) is 15.6 Å². The van der Waals surface area contributed by atoms with Gasteiger partial charge in [0.2, 0.25) is 0 Å². The van der Waals surface area contributed by atoms with Gasteiger partial charge in [-0.3, -0.25) is 0 Å². The molecule has 0 spiro atoms. The number of hydrogen-bond acceptors (Lipinski definition) is 3. The van der Waals surface area contributed by atoms with Gasteiger partial charge in [0.15, 0.2) is 5.13 Å². The lowest BCUT2D eigenvalue weighted by Gasteiger charge is -2.06. The van der Waals surface area contributed by atoms with Crippen molar-refractivity contribution in [2.24, 2.45) is 0 Å². The summed E-state index contributed by atoms with van der Waals surface area (Å²) in [5.41, 5.74) is 1.83. The molecule has 1 aromatic heterocycles. The molecular weight excluding hydrogens is 311 g/mol. The van der Waals surface area contributed by atoms with Crippen LogP contribution >= 0.6 is 34.5 Å². The zero-order chi connectivity index (χ0) is 13.9. The third kappa shape index (κ3) is 2.80. The SMILES string of the molecule is Clc1cccc(Cl)c1Nc1ncc(-c2ccccc2)s1. The molecule has 3 rings (SSSR count). The smallest absolute Gasteiger partial charge is 0.187 e. The third-order valence-corrected chi connectivity index (χ3v) is 4.35. The zero-order valence-electron chi connectivity index (χ0n) is 10.3. The van der Waals surface area contributed by atoms with Crippen LogP contribution in [0.5, 0.6) is 0 Å². The van der Waals surface area contributed by atoms with E-state index in [1.165, 1.54) is 0 Å². The Kier molecular flexibility index (Phi) is 3.92. The second-order valence-corrected chi connectivity index (χ2v) is 5.96. The molecule has 0 saturated heterocycles. The largest absolute Gasteiger partial charge is 0.329 e. The number of nitrogens with one attached hydrogen (secondary N) is 1. The summed E-state index contributed by atoms with van der Waals surface area (Å²) in [5.74, 6) is 0. The Bertz CT molecular complexity index is 705. The maximum atomic E-state index is 6.13. The topological polar surface area (TPSA) is 24.9 Å². The predicted octanol–water partition coefficient (Wildman–Crippen LogP) is 5.86. The Morgan fingerprint density at radius 3 is 2.30 bits per heavy atom. The van der Waals surface area contributed by atoms with E-state index in [1.54, 1.807) is 23.5 Å². The molecule has 0 amide bonds. The molecule has 2 aromatic carbocycles. The van der Waals surface area contributed by atoms with Crippen molar-refractivity contribution in [3.8, 4) is 10.4 Å². The maximum absolute atomic E-state index is 6.13. The number of thiazole rings is 1. The molecule has 0 bridgehead atoms. The molecule has 1 heterocycles. The maximum Gasteiger partial charge on any atom is 0.187 e.